The van der Waals surface area contributed by atoms with E-state index in [1.165, 1.54) is 6.07 Å². The van der Waals surface area contributed by atoms with Crippen LogP contribution in [0.5, 0.6) is 0 Å². The molecule has 112 valence electrons. The van der Waals surface area contributed by atoms with Crippen molar-refractivity contribution in [2.24, 2.45) is 0 Å². The van der Waals surface area contributed by atoms with E-state index in [0.717, 1.165) is 32.6 Å². The molecule has 1 saturated heterocycles. The number of halogens is 1. The van der Waals surface area contributed by atoms with Crippen molar-refractivity contribution in [1.29, 1.82) is 0 Å². The highest BCUT2D eigenvalue weighted by atomic mass is 19.1. The van der Waals surface area contributed by atoms with Crippen LogP contribution in [0.3, 0.4) is 0 Å². The van der Waals surface area contributed by atoms with Crippen LogP contribution in [0.25, 0.3) is 0 Å². The molecule has 0 amide bonds. The van der Waals surface area contributed by atoms with Gasteiger partial charge in [-0.3, -0.25) is 4.90 Å². The van der Waals surface area contributed by atoms with E-state index in [9.17, 15) is 9.50 Å². The Morgan fingerprint density at radius 2 is 1.85 bits per heavy atom. The quantitative estimate of drug-likeness (QED) is 0.918. The minimum Gasteiger partial charge on any atom is -0.389 e. The largest absolute Gasteiger partial charge is 0.389 e. The molecule has 0 aliphatic carbocycles. The van der Waals surface area contributed by atoms with E-state index in [2.05, 4.69) is 23.6 Å². The molecule has 4 heteroatoms. The number of rotatable bonds is 4. The minimum absolute atomic E-state index is 0.236. The smallest absolute Gasteiger partial charge is 0.146 e. The lowest BCUT2D eigenvalue weighted by Gasteiger charge is -2.39. The molecule has 1 heterocycles. The summed E-state index contributed by atoms with van der Waals surface area (Å²) in [4.78, 5) is 4.55. The van der Waals surface area contributed by atoms with Crippen LogP contribution in [0.4, 0.5) is 10.1 Å². The number of piperazine rings is 1. The Bertz CT molecular complexity index is 442. The van der Waals surface area contributed by atoms with E-state index in [-0.39, 0.29) is 5.82 Å². The topological polar surface area (TPSA) is 26.7 Å². The lowest BCUT2D eigenvalue weighted by molar-refractivity contribution is 0.192. The third kappa shape index (κ3) is 3.30. The summed E-state index contributed by atoms with van der Waals surface area (Å²) in [6.45, 7) is 9.77. The van der Waals surface area contributed by atoms with Crippen molar-refractivity contribution in [3.8, 4) is 0 Å². The van der Waals surface area contributed by atoms with Gasteiger partial charge in [0.2, 0.25) is 0 Å². The number of benzene rings is 1. The summed E-state index contributed by atoms with van der Waals surface area (Å²) in [6, 6.07) is 5.64. The summed E-state index contributed by atoms with van der Waals surface area (Å²) in [5.41, 5.74) is 1.28. The fraction of sp³-hybridized carbons (Fsp3) is 0.625. The van der Waals surface area contributed by atoms with Crippen molar-refractivity contribution in [1.82, 2.24) is 4.90 Å². The standard InChI is InChI=1S/C16H25FN2O/c1-4-12(2)18-7-9-19(10-8-18)16-6-5-14(13(3)20)11-15(16)17/h5-6,11-13,20H,4,7-10H2,1-3H3/t12?,13-/m1/s1. The third-order valence-electron chi connectivity index (χ3n) is 4.32. The number of aliphatic hydroxyl groups excluding tert-OH is 1. The lowest BCUT2D eigenvalue weighted by Crippen LogP contribution is -2.49. The zero-order valence-electron chi connectivity index (χ0n) is 12.6. The molecule has 0 saturated carbocycles. The first-order valence-electron chi connectivity index (χ1n) is 7.49. The molecule has 1 N–H and O–H groups in total. The summed E-state index contributed by atoms with van der Waals surface area (Å²) >= 11 is 0. The molecule has 0 spiro atoms. The van der Waals surface area contributed by atoms with Crippen molar-refractivity contribution in [3.05, 3.63) is 29.6 Å². The average molecular weight is 280 g/mol. The molecule has 1 aromatic carbocycles. The summed E-state index contributed by atoms with van der Waals surface area (Å²) < 4.78 is 14.2. The number of hydrogen-bond donors (Lipinski definition) is 1. The van der Waals surface area contributed by atoms with Gasteiger partial charge >= 0.3 is 0 Å². The Hall–Kier alpha value is -1.13. The van der Waals surface area contributed by atoms with Crippen LogP contribution in [-0.2, 0) is 0 Å². The van der Waals surface area contributed by atoms with Crippen LogP contribution in [0.15, 0.2) is 18.2 Å². The molecular weight excluding hydrogens is 255 g/mol. The fourth-order valence-electron chi connectivity index (χ4n) is 2.70. The number of anilines is 1. The van der Waals surface area contributed by atoms with Gasteiger partial charge in [-0.25, -0.2) is 4.39 Å². The van der Waals surface area contributed by atoms with E-state index in [4.69, 9.17) is 0 Å². The molecule has 1 aliphatic rings. The maximum Gasteiger partial charge on any atom is 0.146 e. The summed E-state index contributed by atoms with van der Waals surface area (Å²) in [5, 5.41) is 9.49. The minimum atomic E-state index is -0.624. The van der Waals surface area contributed by atoms with E-state index in [1.807, 2.05) is 6.07 Å². The zero-order valence-corrected chi connectivity index (χ0v) is 12.6. The Labute approximate surface area is 121 Å². The molecular formula is C16H25FN2O. The molecule has 20 heavy (non-hydrogen) atoms. The monoisotopic (exact) mass is 280 g/mol. The predicted molar refractivity (Wildman–Crippen MR) is 80.6 cm³/mol. The number of nitrogens with zero attached hydrogens (tertiary/aromatic N) is 2. The Morgan fingerprint density at radius 3 is 2.35 bits per heavy atom. The van der Waals surface area contributed by atoms with E-state index in [1.54, 1.807) is 13.0 Å². The summed E-state index contributed by atoms with van der Waals surface area (Å²) in [5.74, 6) is -0.236. The lowest BCUT2D eigenvalue weighted by atomic mass is 10.1. The summed E-state index contributed by atoms with van der Waals surface area (Å²) in [6.07, 6.45) is 0.526. The van der Waals surface area contributed by atoms with Crippen LogP contribution in [-0.4, -0.2) is 42.2 Å². The van der Waals surface area contributed by atoms with Gasteiger partial charge in [-0.15, -0.1) is 0 Å². The summed E-state index contributed by atoms with van der Waals surface area (Å²) in [7, 11) is 0. The second kappa shape index (κ2) is 6.55. The van der Waals surface area contributed by atoms with Gasteiger partial charge < -0.3 is 10.0 Å². The molecule has 1 fully saturated rings. The molecule has 1 aliphatic heterocycles. The number of aliphatic hydroxyl groups is 1. The van der Waals surface area contributed by atoms with Crippen LogP contribution < -0.4 is 4.90 Å². The normalized spacial score (nSPS) is 19.9. The van der Waals surface area contributed by atoms with Gasteiger partial charge in [0.15, 0.2) is 0 Å². The van der Waals surface area contributed by atoms with E-state index in [0.29, 0.717) is 17.3 Å². The first-order valence-corrected chi connectivity index (χ1v) is 7.49. The zero-order chi connectivity index (χ0) is 14.7. The molecule has 3 nitrogen and oxygen atoms in total. The second-order valence-corrected chi connectivity index (χ2v) is 5.67. The fourth-order valence-corrected chi connectivity index (χ4v) is 2.70. The molecule has 1 aromatic rings. The second-order valence-electron chi connectivity index (χ2n) is 5.67. The van der Waals surface area contributed by atoms with E-state index >= 15 is 0 Å². The molecule has 2 atom stereocenters. The van der Waals surface area contributed by atoms with Crippen LogP contribution in [0, 0.1) is 5.82 Å². The highest BCUT2D eigenvalue weighted by Gasteiger charge is 2.22. The van der Waals surface area contributed by atoms with Crippen molar-refractivity contribution in [3.63, 3.8) is 0 Å². The molecule has 0 bridgehead atoms. The molecule has 0 aromatic heterocycles. The van der Waals surface area contributed by atoms with Gasteiger partial charge in [-0.2, -0.15) is 0 Å². The predicted octanol–water partition coefficient (Wildman–Crippen LogP) is 2.80. The van der Waals surface area contributed by atoms with Crippen LogP contribution in [0.1, 0.15) is 38.9 Å². The molecule has 2 rings (SSSR count). The highest BCUT2D eigenvalue weighted by molar-refractivity contribution is 5.50. The first-order chi connectivity index (χ1) is 9.52. The maximum absolute atomic E-state index is 14.2. The number of hydrogen-bond acceptors (Lipinski definition) is 3. The Morgan fingerprint density at radius 1 is 1.20 bits per heavy atom. The van der Waals surface area contributed by atoms with Gasteiger partial charge in [0.1, 0.15) is 5.82 Å². The highest BCUT2D eigenvalue weighted by Crippen LogP contribution is 2.25. The van der Waals surface area contributed by atoms with Gasteiger partial charge in [0.25, 0.3) is 0 Å². The van der Waals surface area contributed by atoms with Gasteiger partial charge in [-0.1, -0.05) is 13.0 Å². The molecule has 1 unspecified atom stereocenters. The van der Waals surface area contributed by atoms with E-state index < -0.39 is 6.10 Å². The van der Waals surface area contributed by atoms with Crippen LogP contribution in [0.2, 0.25) is 0 Å². The maximum atomic E-state index is 14.2. The third-order valence-corrected chi connectivity index (χ3v) is 4.32. The first kappa shape index (κ1) is 15.3. The van der Waals surface area contributed by atoms with Gasteiger partial charge in [0.05, 0.1) is 11.8 Å². The SMILES string of the molecule is CCC(C)N1CCN(c2ccc([C@@H](C)O)cc2F)CC1. The van der Waals surface area contributed by atoms with Crippen LogP contribution >= 0.6 is 0 Å². The molecule has 0 radical (unpaired) electrons. The van der Waals surface area contributed by atoms with Crippen molar-refractivity contribution in [2.45, 2.75) is 39.3 Å². The van der Waals surface area contributed by atoms with Crippen molar-refractivity contribution >= 4 is 5.69 Å². The Balaban J connectivity index is 2.04. The average Bonchev–Trinajstić information content (AvgIpc) is 2.46. The van der Waals surface area contributed by atoms with Gasteiger partial charge in [0, 0.05) is 32.2 Å². The van der Waals surface area contributed by atoms with Crippen molar-refractivity contribution in [2.75, 3.05) is 31.1 Å². The van der Waals surface area contributed by atoms with Gasteiger partial charge in [-0.05, 0) is 38.0 Å². The van der Waals surface area contributed by atoms with Crippen molar-refractivity contribution < 1.29 is 9.50 Å². The Kier molecular flexibility index (Phi) is 5.00.